The first-order valence-corrected chi connectivity index (χ1v) is 10.5. The fourth-order valence-corrected chi connectivity index (χ4v) is 4.59. The molecule has 0 spiro atoms. The van der Waals surface area contributed by atoms with Crippen LogP contribution >= 0.6 is 0 Å². The minimum Gasteiger partial charge on any atom is -0.393 e. The second kappa shape index (κ2) is 8.84. The Bertz CT molecular complexity index is 626. The highest BCUT2D eigenvalue weighted by molar-refractivity contribution is 5.39. The average Bonchev–Trinajstić information content (AvgIpc) is 3.22. The number of rotatable bonds is 7. The van der Waals surface area contributed by atoms with E-state index >= 15 is 0 Å². The van der Waals surface area contributed by atoms with E-state index in [0.717, 1.165) is 69.0 Å². The van der Waals surface area contributed by atoms with Crippen molar-refractivity contribution in [2.75, 3.05) is 32.1 Å². The molecule has 1 aromatic heterocycles. The third-order valence-corrected chi connectivity index (χ3v) is 6.55. The lowest BCUT2D eigenvalue weighted by Crippen LogP contribution is -2.33. The van der Waals surface area contributed by atoms with Crippen LogP contribution in [0.4, 0.5) is 5.82 Å². The molecule has 6 heteroatoms. The normalized spacial score (nSPS) is 29.4. The van der Waals surface area contributed by atoms with Gasteiger partial charge in [0.05, 0.1) is 18.2 Å². The van der Waals surface area contributed by atoms with Crippen LogP contribution in [0.15, 0.2) is 6.07 Å². The van der Waals surface area contributed by atoms with E-state index < -0.39 is 0 Å². The monoisotopic (exact) mass is 376 g/mol. The SMILES string of the molecule is Cc1cc(N(C)CC2CCCC2O)nc(C(C)N(C)CC2CCCC2O)n1. The Kier molecular flexibility index (Phi) is 6.71. The highest BCUT2D eigenvalue weighted by Crippen LogP contribution is 2.30. The number of hydrogen-bond donors (Lipinski definition) is 2. The van der Waals surface area contributed by atoms with Gasteiger partial charge in [-0.2, -0.15) is 0 Å². The van der Waals surface area contributed by atoms with Crippen LogP contribution in [-0.4, -0.2) is 64.5 Å². The van der Waals surface area contributed by atoms with Gasteiger partial charge in [-0.25, -0.2) is 9.97 Å². The molecule has 2 aliphatic carbocycles. The molecule has 2 saturated carbocycles. The van der Waals surface area contributed by atoms with Crippen molar-refractivity contribution >= 4 is 5.82 Å². The largest absolute Gasteiger partial charge is 0.393 e. The van der Waals surface area contributed by atoms with E-state index in [2.05, 4.69) is 35.8 Å². The molecule has 152 valence electrons. The zero-order valence-corrected chi connectivity index (χ0v) is 17.3. The Hall–Kier alpha value is -1.24. The van der Waals surface area contributed by atoms with Crippen LogP contribution in [0, 0.1) is 18.8 Å². The predicted octanol–water partition coefficient (Wildman–Crippen LogP) is 2.54. The second-order valence-electron chi connectivity index (χ2n) is 8.74. The summed E-state index contributed by atoms with van der Waals surface area (Å²) in [5.74, 6) is 2.45. The molecule has 2 aliphatic rings. The van der Waals surface area contributed by atoms with Crippen molar-refractivity contribution in [3.8, 4) is 0 Å². The summed E-state index contributed by atoms with van der Waals surface area (Å²) in [6.45, 7) is 5.86. The van der Waals surface area contributed by atoms with Crippen molar-refractivity contribution in [2.45, 2.75) is 70.6 Å². The molecule has 3 rings (SSSR count). The molecule has 0 saturated heterocycles. The Balaban J connectivity index is 1.68. The van der Waals surface area contributed by atoms with Gasteiger partial charge in [0, 0.05) is 37.8 Å². The molecule has 0 radical (unpaired) electrons. The van der Waals surface area contributed by atoms with Crippen LogP contribution < -0.4 is 4.90 Å². The van der Waals surface area contributed by atoms with Crippen molar-refractivity contribution in [1.82, 2.24) is 14.9 Å². The van der Waals surface area contributed by atoms with Gasteiger partial charge in [0.2, 0.25) is 0 Å². The average molecular weight is 377 g/mol. The molecule has 27 heavy (non-hydrogen) atoms. The van der Waals surface area contributed by atoms with Crippen molar-refractivity contribution in [1.29, 1.82) is 0 Å². The highest BCUT2D eigenvalue weighted by atomic mass is 16.3. The Morgan fingerprint density at radius 1 is 1.00 bits per heavy atom. The lowest BCUT2D eigenvalue weighted by atomic mass is 10.0. The van der Waals surface area contributed by atoms with E-state index in [0.29, 0.717) is 11.8 Å². The number of aliphatic hydroxyl groups excluding tert-OH is 2. The molecule has 0 aromatic carbocycles. The topological polar surface area (TPSA) is 72.7 Å². The minimum atomic E-state index is -0.183. The van der Waals surface area contributed by atoms with E-state index in [1.54, 1.807) is 0 Å². The standard InChI is InChI=1S/C21H36N4O2/c1-14-11-20(25(4)13-17-8-6-10-19(17)27)23-21(22-14)15(2)24(3)12-16-7-5-9-18(16)26/h11,15-19,26-27H,5-10,12-13H2,1-4H3. The van der Waals surface area contributed by atoms with E-state index in [4.69, 9.17) is 4.98 Å². The quantitative estimate of drug-likeness (QED) is 0.762. The smallest absolute Gasteiger partial charge is 0.147 e. The Morgan fingerprint density at radius 2 is 1.59 bits per heavy atom. The van der Waals surface area contributed by atoms with Crippen molar-refractivity contribution in [3.63, 3.8) is 0 Å². The molecule has 5 atom stereocenters. The lowest BCUT2D eigenvalue weighted by Gasteiger charge is -2.29. The molecular weight excluding hydrogens is 340 g/mol. The van der Waals surface area contributed by atoms with Crippen LogP contribution in [0.3, 0.4) is 0 Å². The third kappa shape index (κ3) is 4.98. The fourth-order valence-electron chi connectivity index (χ4n) is 4.59. The molecule has 5 unspecified atom stereocenters. The minimum absolute atomic E-state index is 0.0990. The van der Waals surface area contributed by atoms with E-state index in [9.17, 15) is 10.2 Å². The summed E-state index contributed by atoms with van der Waals surface area (Å²) in [7, 11) is 4.15. The molecule has 6 nitrogen and oxygen atoms in total. The number of anilines is 1. The second-order valence-corrected chi connectivity index (χ2v) is 8.74. The van der Waals surface area contributed by atoms with Gasteiger partial charge in [-0.1, -0.05) is 12.8 Å². The predicted molar refractivity (Wildman–Crippen MR) is 108 cm³/mol. The van der Waals surface area contributed by atoms with Gasteiger partial charge in [-0.15, -0.1) is 0 Å². The molecule has 1 heterocycles. The number of aryl methyl sites for hydroxylation is 1. The first kappa shape index (κ1) is 20.5. The van der Waals surface area contributed by atoms with Crippen LogP contribution in [0.2, 0.25) is 0 Å². The number of nitrogens with zero attached hydrogens (tertiary/aromatic N) is 4. The Morgan fingerprint density at radius 3 is 2.15 bits per heavy atom. The maximum Gasteiger partial charge on any atom is 0.147 e. The molecule has 0 aliphatic heterocycles. The van der Waals surface area contributed by atoms with Gasteiger partial charge >= 0.3 is 0 Å². The molecule has 2 N–H and O–H groups in total. The van der Waals surface area contributed by atoms with Crippen molar-refractivity contribution in [2.24, 2.45) is 11.8 Å². The zero-order chi connectivity index (χ0) is 19.6. The van der Waals surface area contributed by atoms with E-state index in [1.165, 1.54) is 0 Å². The van der Waals surface area contributed by atoms with Crippen molar-refractivity contribution < 1.29 is 10.2 Å². The first-order chi connectivity index (χ1) is 12.8. The first-order valence-electron chi connectivity index (χ1n) is 10.5. The van der Waals surface area contributed by atoms with Crippen LogP contribution in [0.1, 0.15) is 63.0 Å². The van der Waals surface area contributed by atoms with Crippen LogP contribution in [-0.2, 0) is 0 Å². The van der Waals surface area contributed by atoms with Crippen LogP contribution in [0.25, 0.3) is 0 Å². The number of aliphatic hydroxyl groups is 2. The Labute approximate surface area is 163 Å². The van der Waals surface area contributed by atoms with E-state index in [-0.39, 0.29) is 18.2 Å². The molecule has 0 bridgehead atoms. The van der Waals surface area contributed by atoms with E-state index in [1.807, 2.05) is 13.0 Å². The summed E-state index contributed by atoms with van der Waals surface area (Å²) in [5, 5.41) is 20.2. The maximum absolute atomic E-state index is 10.1. The van der Waals surface area contributed by atoms with Gasteiger partial charge in [0.15, 0.2) is 0 Å². The molecule has 0 amide bonds. The van der Waals surface area contributed by atoms with Gasteiger partial charge < -0.3 is 15.1 Å². The van der Waals surface area contributed by atoms with Gasteiger partial charge in [0.1, 0.15) is 11.6 Å². The molecular formula is C21H36N4O2. The lowest BCUT2D eigenvalue weighted by molar-refractivity contribution is 0.0977. The third-order valence-electron chi connectivity index (χ3n) is 6.55. The summed E-state index contributed by atoms with van der Waals surface area (Å²) in [6, 6.07) is 2.13. The molecule has 2 fully saturated rings. The summed E-state index contributed by atoms with van der Waals surface area (Å²) >= 11 is 0. The number of aromatic nitrogens is 2. The van der Waals surface area contributed by atoms with Gasteiger partial charge in [0.25, 0.3) is 0 Å². The van der Waals surface area contributed by atoms with Gasteiger partial charge in [-0.3, -0.25) is 4.90 Å². The zero-order valence-electron chi connectivity index (χ0n) is 17.3. The summed E-state index contributed by atoms with van der Waals surface area (Å²) in [5.41, 5.74) is 0.968. The van der Waals surface area contributed by atoms with Crippen molar-refractivity contribution in [3.05, 3.63) is 17.6 Å². The van der Waals surface area contributed by atoms with Crippen LogP contribution in [0.5, 0.6) is 0 Å². The fraction of sp³-hybridized carbons (Fsp3) is 0.810. The highest BCUT2D eigenvalue weighted by Gasteiger charge is 2.29. The summed E-state index contributed by atoms with van der Waals surface area (Å²) < 4.78 is 0. The summed E-state index contributed by atoms with van der Waals surface area (Å²) in [6.07, 6.45) is 5.92. The van der Waals surface area contributed by atoms with Gasteiger partial charge in [-0.05, 0) is 52.5 Å². The summed E-state index contributed by atoms with van der Waals surface area (Å²) in [4.78, 5) is 14.0. The maximum atomic E-state index is 10.1. The molecule has 1 aromatic rings. The number of hydrogen-bond acceptors (Lipinski definition) is 6.